The Kier molecular flexibility index (Phi) is 5.51. The van der Waals surface area contributed by atoms with Gasteiger partial charge < -0.3 is 4.74 Å². The number of tetrazole rings is 1. The number of aryl methyl sites for hydroxylation is 2. The third-order valence-electron chi connectivity index (χ3n) is 6.59. The normalized spacial score (nSPS) is 16.8. The monoisotopic (exact) mass is 461 g/mol. The van der Waals surface area contributed by atoms with Crippen LogP contribution in [-0.4, -0.2) is 55.3 Å². The molecule has 6 rings (SSSR count). The predicted molar refractivity (Wildman–Crippen MR) is 128 cm³/mol. The Morgan fingerprint density at radius 2 is 1.91 bits per heavy atom. The van der Waals surface area contributed by atoms with Gasteiger partial charge in [0.05, 0.1) is 19.0 Å². The van der Waals surface area contributed by atoms with Crippen LogP contribution in [0.5, 0.6) is 5.75 Å². The van der Waals surface area contributed by atoms with Gasteiger partial charge in [0.1, 0.15) is 16.4 Å². The molecule has 0 atom stereocenters. The molecule has 8 nitrogen and oxygen atoms in total. The first-order chi connectivity index (χ1) is 16.3. The van der Waals surface area contributed by atoms with Gasteiger partial charge in [0.2, 0.25) is 5.82 Å². The summed E-state index contributed by atoms with van der Waals surface area (Å²) >= 11 is 1.82. The fourth-order valence-electron chi connectivity index (χ4n) is 4.90. The highest BCUT2D eigenvalue weighted by Gasteiger charge is 2.24. The van der Waals surface area contributed by atoms with Crippen molar-refractivity contribution in [3.63, 3.8) is 0 Å². The average molecular weight is 462 g/mol. The van der Waals surface area contributed by atoms with Crippen LogP contribution >= 0.6 is 11.3 Å². The number of rotatable bonds is 5. The molecular formula is C24H27N7OS. The van der Waals surface area contributed by atoms with Crippen molar-refractivity contribution in [3.8, 4) is 23.0 Å². The van der Waals surface area contributed by atoms with Crippen LogP contribution < -0.4 is 4.74 Å². The largest absolute Gasteiger partial charge is 0.497 e. The summed E-state index contributed by atoms with van der Waals surface area (Å²) in [6, 6.07) is 7.73. The first-order valence-electron chi connectivity index (χ1n) is 11.8. The topological polar surface area (TPSA) is 81.9 Å². The summed E-state index contributed by atoms with van der Waals surface area (Å²) in [6.07, 6.45) is 8.44. The molecule has 0 bridgehead atoms. The lowest BCUT2D eigenvalue weighted by atomic mass is 9.97. The Morgan fingerprint density at radius 3 is 2.79 bits per heavy atom. The second-order valence-electron chi connectivity index (χ2n) is 8.83. The van der Waals surface area contributed by atoms with E-state index in [4.69, 9.17) is 19.8 Å². The molecule has 1 fully saturated rings. The van der Waals surface area contributed by atoms with Crippen molar-refractivity contribution < 1.29 is 4.74 Å². The van der Waals surface area contributed by atoms with E-state index in [1.54, 1.807) is 11.9 Å². The Hall–Kier alpha value is -2.91. The lowest BCUT2D eigenvalue weighted by molar-refractivity contribution is 0.216. The van der Waals surface area contributed by atoms with Crippen LogP contribution in [0.25, 0.3) is 27.4 Å². The molecule has 3 aromatic heterocycles. The van der Waals surface area contributed by atoms with Crippen LogP contribution in [0.15, 0.2) is 24.3 Å². The van der Waals surface area contributed by atoms with Crippen molar-refractivity contribution in [3.05, 3.63) is 40.5 Å². The maximum absolute atomic E-state index is 5.36. The van der Waals surface area contributed by atoms with Gasteiger partial charge >= 0.3 is 0 Å². The Balaban J connectivity index is 1.44. The highest BCUT2D eigenvalue weighted by atomic mass is 32.1. The molecule has 1 aliphatic carbocycles. The molecule has 0 unspecified atom stereocenters. The summed E-state index contributed by atoms with van der Waals surface area (Å²) in [5.74, 6) is 2.93. The summed E-state index contributed by atoms with van der Waals surface area (Å²) in [4.78, 5) is 16.6. The Labute approximate surface area is 196 Å². The van der Waals surface area contributed by atoms with Crippen LogP contribution in [0.2, 0.25) is 0 Å². The smallest absolute Gasteiger partial charge is 0.205 e. The van der Waals surface area contributed by atoms with E-state index in [1.807, 2.05) is 35.6 Å². The molecule has 33 heavy (non-hydrogen) atoms. The molecule has 1 aliphatic heterocycles. The van der Waals surface area contributed by atoms with E-state index in [-0.39, 0.29) is 0 Å². The highest BCUT2D eigenvalue weighted by molar-refractivity contribution is 7.18. The molecule has 1 aromatic carbocycles. The van der Waals surface area contributed by atoms with Gasteiger partial charge in [0.15, 0.2) is 5.82 Å². The molecule has 0 spiro atoms. The van der Waals surface area contributed by atoms with Gasteiger partial charge in [-0.3, -0.25) is 4.90 Å². The molecule has 0 N–H and O–H groups in total. The third-order valence-corrected chi connectivity index (χ3v) is 7.77. The van der Waals surface area contributed by atoms with Gasteiger partial charge in [0.25, 0.3) is 0 Å². The van der Waals surface area contributed by atoms with Crippen LogP contribution in [0.1, 0.15) is 48.4 Å². The number of ether oxygens (including phenoxy) is 1. The van der Waals surface area contributed by atoms with Crippen molar-refractivity contribution in [1.82, 2.24) is 35.1 Å². The molecule has 0 amide bonds. The maximum atomic E-state index is 5.36. The van der Waals surface area contributed by atoms with Crippen molar-refractivity contribution in [1.29, 1.82) is 0 Å². The zero-order valence-corrected chi connectivity index (χ0v) is 19.6. The standard InChI is InChI=1S/C24H27N7OS/c1-32-17-9-7-8-16(14-17)22-27-29-31(28-22)23-21-18-10-3-4-11-19(18)33-24(21)26-20(25-23)15-30-12-5-2-6-13-30/h7-9,14H,2-6,10-13,15H2,1H3. The number of aromatic nitrogens is 6. The number of piperidine rings is 1. The number of hydrogen-bond acceptors (Lipinski definition) is 8. The quantitative estimate of drug-likeness (QED) is 0.440. The zero-order chi connectivity index (χ0) is 22.2. The number of hydrogen-bond donors (Lipinski definition) is 0. The molecule has 4 aromatic rings. The third kappa shape index (κ3) is 4.00. The van der Waals surface area contributed by atoms with E-state index in [2.05, 4.69) is 15.2 Å². The highest BCUT2D eigenvalue weighted by Crippen LogP contribution is 2.38. The van der Waals surface area contributed by atoms with Gasteiger partial charge in [-0.2, -0.15) is 0 Å². The van der Waals surface area contributed by atoms with E-state index in [0.29, 0.717) is 5.82 Å². The number of thiophene rings is 1. The van der Waals surface area contributed by atoms with E-state index < -0.39 is 0 Å². The molecule has 170 valence electrons. The number of fused-ring (bicyclic) bond motifs is 3. The summed E-state index contributed by atoms with van der Waals surface area (Å²) in [5.41, 5.74) is 2.24. The number of benzene rings is 1. The van der Waals surface area contributed by atoms with Gasteiger partial charge in [-0.1, -0.05) is 18.6 Å². The average Bonchev–Trinajstić information content (AvgIpc) is 3.49. The molecule has 2 aliphatic rings. The van der Waals surface area contributed by atoms with Crippen LogP contribution in [0.4, 0.5) is 0 Å². The van der Waals surface area contributed by atoms with Crippen molar-refractivity contribution >= 4 is 21.6 Å². The minimum absolute atomic E-state index is 0.558. The molecular weight excluding hydrogens is 434 g/mol. The fourth-order valence-corrected chi connectivity index (χ4v) is 6.17. The SMILES string of the molecule is COc1cccc(-c2nnn(-c3nc(CN4CCCCC4)nc4sc5c(c34)CCCC5)n2)c1. The Morgan fingerprint density at radius 1 is 1.03 bits per heavy atom. The van der Waals surface area contributed by atoms with E-state index in [1.165, 1.54) is 42.5 Å². The van der Waals surface area contributed by atoms with Gasteiger partial charge in [-0.15, -0.1) is 26.3 Å². The maximum Gasteiger partial charge on any atom is 0.205 e. The van der Waals surface area contributed by atoms with Crippen molar-refractivity contribution in [2.45, 2.75) is 51.5 Å². The number of methoxy groups -OCH3 is 1. The molecule has 0 saturated carbocycles. The van der Waals surface area contributed by atoms with Crippen LogP contribution in [-0.2, 0) is 19.4 Å². The van der Waals surface area contributed by atoms with E-state index in [0.717, 1.165) is 65.6 Å². The van der Waals surface area contributed by atoms with Crippen molar-refractivity contribution in [2.75, 3.05) is 20.2 Å². The number of nitrogens with zero attached hydrogens (tertiary/aromatic N) is 7. The minimum atomic E-state index is 0.558. The van der Waals surface area contributed by atoms with Gasteiger partial charge in [-0.25, -0.2) is 9.97 Å². The molecule has 4 heterocycles. The minimum Gasteiger partial charge on any atom is -0.497 e. The second-order valence-corrected chi connectivity index (χ2v) is 9.91. The molecule has 1 saturated heterocycles. The van der Waals surface area contributed by atoms with Crippen molar-refractivity contribution in [2.24, 2.45) is 0 Å². The number of likely N-dealkylation sites (tertiary alicyclic amines) is 1. The van der Waals surface area contributed by atoms with Crippen LogP contribution in [0, 0.1) is 0 Å². The summed E-state index contributed by atoms with van der Waals surface area (Å²) in [6.45, 7) is 2.99. The lowest BCUT2D eigenvalue weighted by Gasteiger charge is -2.25. The first-order valence-corrected chi connectivity index (χ1v) is 12.6. The zero-order valence-electron chi connectivity index (χ0n) is 18.8. The predicted octanol–water partition coefficient (Wildman–Crippen LogP) is 4.21. The summed E-state index contributed by atoms with van der Waals surface area (Å²) in [7, 11) is 1.66. The van der Waals surface area contributed by atoms with E-state index in [9.17, 15) is 0 Å². The summed E-state index contributed by atoms with van der Waals surface area (Å²) in [5, 5.41) is 14.6. The van der Waals surface area contributed by atoms with Crippen LogP contribution in [0.3, 0.4) is 0 Å². The fraction of sp³-hybridized carbons (Fsp3) is 0.458. The summed E-state index contributed by atoms with van der Waals surface area (Å²) < 4.78 is 5.36. The van der Waals surface area contributed by atoms with E-state index >= 15 is 0 Å². The first kappa shape index (κ1) is 20.7. The molecule has 9 heteroatoms. The lowest BCUT2D eigenvalue weighted by Crippen LogP contribution is -2.30. The second kappa shape index (κ2) is 8.79. The van der Waals surface area contributed by atoms with Gasteiger partial charge in [0, 0.05) is 10.4 Å². The Bertz CT molecular complexity index is 1290. The van der Waals surface area contributed by atoms with Gasteiger partial charge in [-0.05, 0) is 74.5 Å². The molecule has 0 radical (unpaired) electrons.